The molecule has 2 aromatic carbocycles. The van der Waals surface area contributed by atoms with Gasteiger partial charge < -0.3 is 5.73 Å². The molecule has 0 saturated heterocycles. The Kier molecular flexibility index (Phi) is 3.35. The molecule has 3 rings (SSSR count). The fraction of sp³-hybridized carbons (Fsp3) is 0. The summed E-state index contributed by atoms with van der Waals surface area (Å²) in [7, 11) is 0. The minimum absolute atomic E-state index is 0.0230. The number of anilines is 1. The second kappa shape index (κ2) is 5.18. The van der Waals surface area contributed by atoms with E-state index >= 15 is 0 Å². The molecule has 2 N–H and O–H groups in total. The number of rotatable bonds is 2. The third-order valence-electron chi connectivity index (χ3n) is 3.01. The van der Waals surface area contributed by atoms with Crippen LogP contribution in [0.15, 0.2) is 48.5 Å². The lowest BCUT2D eigenvalue weighted by Gasteiger charge is -2.04. The minimum atomic E-state index is -0.559. The number of hydrogen-bond acceptors (Lipinski definition) is 2. The van der Waals surface area contributed by atoms with Gasteiger partial charge in [-0.1, -0.05) is 23.7 Å². The van der Waals surface area contributed by atoms with Gasteiger partial charge in [-0.05, 0) is 24.3 Å². The first kappa shape index (κ1) is 13.6. The fourth-order valence-electron chi connectivity index (χ4n) is 2.01. The quantitative estimate of drug-likeness (QED) is 0.776. The fourth-order valence-corrected chi connectivity index (χ4v) is 2.13. The second-order valence-electron chi connectivity index (χ2n) is 4.48. The zero-order valence-corrected chi connectivity index (χ0v) is 11.5. The predicted octanol–water partition coefficient (Wildman–Crippen LogP) is 4.05. The van der Waals surface area contributed by atoms with Crippen molar-refractivity contribution in [1.29, 1.82) is 0 Å². The summed E-state index contributed by atoms with van der Waals surface area (Å²) in [6, 6.07) is 11.9. The summed E-state index contributed by atoms with van der Waals surface area (Å²) in [5.74, 6) is -0.606. The third-order valence-corrected chi connectivity index (χ3v) is 3.31. The Hall–Kier alpha value is -2.40. The summed E-state index contributed by atoms with van der Waals surface area (Å²) in [6.07, 6.45) is 0. The van der Waals surface area contributed by atoms with E-state index in [0.717, 1.165) is 0 Å². The van der Waals surface area contributed by atoms with Gasteiger partial charge in [0.05, 0.1) is 16.4 Å². The van der Waals surface area contributed by atoms with E-state index in [1.54, 1.807) is 24.3 Å². The van der Waals surface area contributed by atoms with Gasteiger partial charge in [-0.25, -0.2) is 13.5 Å². The standard InChI is InChI=1S/C15H10ClF2N3/c16-12-5-4-11(7-13(12)18)21-15(19)8-14(20-21)9-2-1-3-10(17)6-9/h1-8H,19H2. The molecule has 0 aliphatic rings. The summed E-state index contributed by atoms with van der Waals surface area (Å²) in [5, 5.41) is 4.30. The van der Waals surface area contributed by atoms with Gasteiger partial charge in [0.1, 0.15) is 17.5 Å². The first-order chi connectivity index (χ1) is 10.0. The molecule has 0 atom stereocenters. The zero-order valence-electron chi connectivity index (χ0n) is 10.7. The van der Waals surface area contributed by atoms with Crippen LogP contribution in [0.4, 0.5) is 14.6 Å². The van der Waals surface area contributed by atoms with Crippen LogP contribution in [0.5, 0.6) is 0 Å². The van der Waals surface area contributed by atoms with Gasteiger partial charge in [0.15, 0.2) is 0 Å². The molecule has 0 saturated carbocycles. The minimum Gasteiger partial charge on any atom is -0.384 e. The van der Waals surface area contributed by atoms with Crippen LogP contribution in [-0.2, 0) is 0 Å². The monoisotopic (exact) mass is 305 g/mol. The molecule has 3 nitrogen and oxygen atoms in total. The Bertz CT molecular complexity index is 814. The first-order valence-electron chi connectivity index (χ1n) is 6.11. The zero-order chi connectivity index (χ0) is 15.0. The Morgan fingerprint density at radius 3 is 2.57 bits per heavy atom. The number of aromatic nitrogens is 2. The van der Waals surface area contributed by atoms with Gasteiger partial charge in [0.25, 0.3) is 0 Å². The maximum Gasteiger partial charge on any atom is 0.143 e. The van der Waals surface area contributed by atoms with Gasteiger partial charge >= 0.3 is 0 Å². The Balaban J connectivity index is 2.07. The van der Waals surface area contributed by atoms with Crippen LogP contribution in [-0.4, -0.2) is 9.78 Å². The molecule has 106 valence electrons. The highest BCUT2D eigenvalue weighted by Crippen LogP contribution is 2.25. The van der Waals surface area contributed by atoms with Crippen LogP contribution in [0.25, 0.3) is 16.9 Å². The summed E-state index contributed by atoms with van der Waals surface area (Å²) < 4.78 is 28.1. The highest BCUT2D eigenvalue weighted by atomic mass is 35.5. The van der Waals surface area contributed by atoms with E-state index in [2.05, 4.69) is 5.10 Å². The molecule has 0 spiro atoms. The molecule has 0 amide bonds. The van der Waals surface area contributed by atoms with E-state index in [4.69, 9.17) is 17.3 Å². The van der Waals surface area contributed by atoms with Crippen LogP contribution in [0.1, 0.15) is 0 Å². The molecule has 0 unspecified atom stereocenters. The summed E-state index contributed by atoms with van der Waals surface area (Å²) in [4.78, 5) is 0. The molecule has 1 aromatic heterocycles. The predicted molar refractivity (Wildman–Crippen MR) is 78.3 cm³/mol. The van der Waals surface area contributed by atoms with Crippen LogP contribution in [0, 0.1) is 11.6 Å². The average molecular weight is 306 g/mol. The Labute approximate surface area is 124 Å². The van der Waals surface area contributed by atoms with Gasteiger partial charge in [-0.15, -0.1) is 0 Å². The number of nitrogens with zero attached hydrogens (tertiary/aromatic N) is 2. The molecular formula is C15H10ClF2N3. The molecule has 0 aliphatic heterocycles. The van der Waals surface area contributed by atoms with Gasteiger partial charge in [0.2, 0.25) is 0 Å². The van der Waals surface area contributed by atoms with Crippen molar-refractivity contribution in [3.05, 3.63) is 65.2 Å². The van der Waals surface area contributed by atoms with Crippen molar-refractivity contribution >= 4 is 17.4 Å². The van der Waals surface area contributed by atoms with E-state index in [-0.39, 0.29) is 10.8 Å². The molecule has 3 aromatic rings. The average Bonchev–Trinajstić information content (AvgIpc) is 2.84. The van der Waals surface area contributed by atoms with Crippen LogP contribution < -0.4 is 5.73 Å². The molecule has 0 aliphatic carbocycles. The van der Waals surface area contributed by atoms with Crippen molar-refractivity contribution in [2.24, 2.45) is 0 Å². The molecule has 0 radical (unpaired) electrons. The number of nitrogens with two attached hydrogens (primary N) is 1. The Morgan fingerprint density at radius 2 is 1.86 bits per heavy atom. The summed E-state index contributed by atoms with van der Waals surface area (Å²) >= 11 is 5.65. The van der Waals surface area contributed by atoms with Crippen LogP contribution in [0.2, 0.25) is 5.02 Å². The highest BCUT2D eigenvalue weighted by molar-refractivity contribution is 6.30. The molecule has 1 heterocycles. The number of hydrogen-bond donors (Lipinski definition) is 1. The van der Waals surface area contributed by atoms with Crippen molar-refractivity contribution in [3.8, 4) is 16.9 Å². The Morgan fingerprint density at radius 1 is 1.05 bits per heavy atom. The lowest BCUT2D eigenvalue weighted by atomic mass is 10.1. The van der Waals surface area contributed by atoms with Crippen molar-refractivity contribution in [3.63, 3.8) is 0 Å². The SMILES string of the molecule is Nc1cc(-c2cccc(F)c2)nn1-c1ccc(Cl)c(F)c1. The number of halogens is 3. The third kappa shape index (κ3) is 2.60. The van der Waals surface area contributed by atoms with E-state index in [9.17, 15) is 8.78 Å². The van der Waals surface area contributed by atoms with Crippen molar-refractivity contribution < 1.29 is 8.78 Å². The largest absolute Gasteiger partial charge is 0.384 e. The number of nitrogen functional groups attached to an aromatic ring is 1. The molecular weight excluding hydrogens is 296 g/mol. The van der Waals surface area contributed by atoms with E-state index < -0.39 is 5.82 Å². The van der Waals surface area contributed by atoms with E-state index in [0.29, 0.717) is 22.8 Å². The maximum atomic E-state index is 13.5. The van der Waals surface area contributed by atoms with E-state index in [1.165, 1.54) is 28.9 Å². The van der Waals surface area contributed by atoms with Gasteiger partial charge in [-0.3, -0.25) is 0 Å². The highest BCUT2D eigenvalue weighted by Gasteiger charge is 2.11. The molecule has 6 heteroatoms. The lowest BCUT2D eigenvalue weighted by molar-refractivity contribution is 0.626. The van der Waals surface area contributed by atoms with Crippen molar-refractivity contribution in [2.75, 3.05) is 5.73 Å². The number of benzene rings is 2. The van der Waals surface area contributed by atoms with E-state index in [1.807, 2.05) is 0 Å². The van der Waals surface area contributed by atoms with Crippen molar-refractivity contribution in [2.45, 2.75) is 0 Å². The first-order valence-corrected chi connectivity index (χ1v) is 6.49. The molecule has 0 bridgehead atoms. The van der Waals surface area contributed by atoms with Crippen LogP contribution in [0.3, 0.4) is 0 Å². The molecule has 21 heavy (non-hydrogen) atoms. The lowest BCUT2D eigenvalue weighted by Crippen LogP contribution is -2.02. The van der Waals surface area contributed by atoms with Gasteiger partial charge in [-0.2, -0.15) is 5.10 Å². The van der Waals surface area contributed by atoms with Crippen LogP contribution >= 0.6 is 11.6 Å². The summed E-state index contributed by atoms with van der Waals surface area (Å²) in [6.45, 7) is 0. The smallest absolute Gasteiger partial charge is 0.143 e. The van der Waals surface area contributed by atoms with Gasteiger partial charge in [0, 0.05) is 17.7 Å². The van der Waals surface area contributed by atoms with Crippen molar-refractivity contribution in [1.82, 2.24) is 9.78 Å². The molecule has 0 fully saturated rings. The summed E-state index contributed by atoms with van der Waals surface area (Å²) in [5.41, 5.74) is 7.42. The topological polar surface area (TPSA) is 43.8 Å². The normalized spacial score (nSPS) is 10.8. The second-order valence-corrected chi connectivity index (χ2v) is 4.88. The maximum absolute atomic E-state index is 13.5.